The van der Waals surface area contributed by atoms with Crippen molar-refractivity contribution in [3.8, 4) is 5.75 Å². The van der Waals surface area contributed by atoms with Gasteiger partial charge < -0.3 is 9.84 Å². The van der Waals surface area contributed by atoms with Gasteiger partial charge in [-0.2, -0.15) is 0 Å². The Morgan fingerprint density at radius 1 is 1.00 bits per heavy atom. The molecule has 0 unspecified atom stereocenters. The molecule has 0 radical (unpaired) electrons. The van der Waals surface area contributed by atoms with E-state index in [1.165, 1.54) is 0 Å². The molecule has 0 atom stereocenters. The van der Waals surface area contributed by atoms with E-state index in [2.05, 4.69) is 41.5 Å². The molecule has 1 rings (SSSR count). The molecule has 0 fully saturated rings. The highest BCUT2D eigenvalue weighted by molar-refractivity contribution is 5.88. The van der Waals surface area contributed by atoms with Crippen LogP contribution in [0.3, 0.4) is 0 Å². The van der Waals surface area contributed by atoms with Crippen molar-refractivity contribution in [3.63, 3.8) is 0 Å². The van der Waals surface area contributed by atoms with Crippen LogP contribution in [-0.2, 0) is 10.8 Å². The van der Waals surface area contributed by atoms with Crippen LogP contribution in [0.4, 0.5) is 0 Å². The number of carboxylic acids is 1. The number of aromatic carboxylic acids is 1. The van der Waals surface area contributed by atoms with E-state index in [4.69, 9.17) is 4.74 Å². The zero-order valence-corrected chi connectivity index (χ0v) is 14.5. The number of hydrogen-bond donors (Lipinski definition) is 1. The van der Waals surface area contributed by atoms with E-state index in [9.17, 15) is 9.90 Å². The lowest BCUT2D eigenvalue weighted by atomic mass is 9.78. The summed E-state index contributed by atoms with van der Waals surface area (Å²) in [6, 6.07) is 3.49. The molecule has 3 nitrogen and oxygen atoms in total. The van der Waals surface area contributed by atoms with E-state index < -0.39 is 5.97 Å². The van der Waals surface area contributed by atoms with Crippen LogP contribution in [0, 0.1) is 0 Å². The Kier molecular flexibility index (Phi) is 4.76. The maximum Gasteiger partial charge on any atom is 0.335 e. The molecule has 0 aliphatic carbocycles. The van der Waals surface area contributed by atoms with Gasteiger partial charge in [-0.15, -0.1) is 0 Å². The first-order chi connectivity index (χ1) is 9.34. The van der Waals surface area contributed by atoms with Crippen molar-refractivity contribution in [2.75, 3.05) is 0 Å². The maximum absolute atomic E-state index is 11.5. The molecular formula is C18H28O3. The lowest BCUT2D eigenvalue weighted by Gasteiger charge is -2.31. The first-order valence-corrected chi connectivity index (χ1v) is 7.43. The van der Waals surface area contributed by atoms with E-state index in [0.29, 0.717) is 5.56 Å². The Balaban J connectivity index is 3.73. The molecule has 1 N–H and O–H groups in total. The van der Waals surface area contributed by atoms with Gasteiger partial charge in [-0.05, 0) is 36.8 Å². The predicted octanol–water partition coefficient (Wildman–Crippen LogP) is 4.77. The summed E-state index contributed by atoms with van der Waals surface area (Å²) in [5.41, 5.74) is 1.84. The molecule has 0 heterocycles. The molecule has 0 aromatic heterocycles. The van der Waals surface area contributed by atoms with Crippen LogP contribution in [0.25, 0.3) is 0 Å². The van der Waals surface area contributed by atoms with Gasteiger partial charge in [-0.25, -0.2) is 4.79 Å². The fourth-order valence-corrected chi connectivity index (χ4v) is 2.23. The van der Waals surface area contributed by atoms with Crippen LogP contribution in [0.5, 0.6) is 5.75 Å². The summed E-state index contributed by atoms with van der Waals surface area (Å²) in [4.78, 5) is 11.5. The van der Waals surface area contributed by atoms with Gasteiger partial charge in [0.2, 0.25) is 0 Å². The van der Waals surface area contributed by atoms with Crippen molar-refractivity contribution in [1.82, 2.24) is 0 Å². The van der Waals surface area contributed by atoms with Gasteiger partial charge >= 0.3 is 5.97 Å². The standard InChI is InChI=1S/C18H28O3/c1-11(2)21-15-13(17(3,4)5)9-12(16(19)20)10-14(15)18(6,7)8/h9-11H,1-8H3,(H,19,20). The molecular weight excluding hydrogens is 264 g/mol. The third-order valence-electron chi connectivity index (χ3n) is 3.31. The zero-order chi connectivity index (χ0) is 16.6. The largest absolute Gasteiger partial charge is 0.490 e. The lowest BCUT2D eigenvalue weighted by molar-refractivity contribution is 0.0696. The fraction of sp³-hybridized carbons (Fsp3) is 0.611. The molecule has 1 aromatic rings. The summed E-state index contributed by atoms with van der Waals surface area (Å²) in [5.74, 6) is -0.0721. The van der Waals surface area contributed by atoms with Crippen molar-refractivity contribution < 1.29 is 14.6 Å². The van der Waals surface area contributed by atoms with Crippen molar-refractivity contribution in [2.24, 2.45) is 0 Å². The van der Waals surface area contributed by atoms with Gasteiger partial charge in [-0.3, -0.25) is 0 Å². The molecule has 0 aliphatic heterocycles. The Bertz CT molecular complexity index is 493. The molecule has 21 heavy (non-hydrogen) atoms. The maximum atomic E-state index is 11.5. The van der Waals surface area contributed by atoms with Crippen molar-refractivity contribution in [1.29, 1.82) is 0 Å². The summed E-state index contributed by atoms with van der Waals surface area (Å²) in [6.07, 6.45) is 0.0443. The van der Waals surface area contributed by atoms with Crippen LogP contribution < -0.4 is 4.74 Å². The lowest BCUT2D eigenvalue weighted by Crippen LogP contribution is -2.23. The number of ether oxygens (including phenoxy) is 1. The van der Waals surface area contributed by atoms with Gasteiger partial charge in [0.1, 0.15) is 5.75 Å². The van der Waals surface area contributed by atoms with Crippen LogP contribution >= 0.6 is 0 Å². The summed E-state index contributed by atoms with van der Waals surface area (Å²) in [7, 11) is 0. The minimum Gasteiger partial charge on any atom is -0.490 e. The fourth-order valence-electron chi connectivity index (χ4n) is 2.23. The van der Waals surface area contributed by atoms with Crippen LogP contribution in [0.2, 0.25) is 0 Å². The van der Waals surface area contributed by atoms with Crippen LogP contribution in [0.15, 0.2) is 12.1 Å². The molecule has 0 amide bonds. The molecule has 0 aliphatic rings. The number of carboxylic acid groups (broad SMARTS) is 1. The second-order valence-electron chi connectivity index (χ2n) is 7.87. The normalized spacial score (nSPS) is 12.6. The highest BCUT2D eigenvalue weighted by Gasteiger charge is 2.29. The topological polar surface area (TPSA) is 46.5 Å². The van der Waals surface area contributed by atoms with Gasteiger partial charge in [0, 0.05) is 11.1 Å². The van der Waals surface area contributed by atoms with E-state index in [1.807, 2.05) is 13.8 Å². The first-order valence-electron chi connectivity index (χ1n) is 7.43. The van der Waals surface area contributed by atoms with Crippen molar-refractivity contribution in [3.05, 3.63) is 28.8 Å². The quantitative estimate of drug-likeness (QED) is 0.873. The van der Waals surface area contributed by atoms with E-state index >= 15 is 0 Å². The second-order valence-corrected chi connectivity index (χ2v) is 7.87. The third kappa shape index (κ3) is 4.23. The second kappa shape index (κ2) is 5.70. The van der Waals surface area contributed by atoms with Crippen molar-refractivity contribution in [2.45, 2.75) is 72.3 Å². The number of carbonyl (C=O) groups is 1. The number of rotatable bonds is 3. The average molecular weight is 292 g/mol. The molecule has 0 spiro atoms. The molecule has 3 heteroatoms. The Hall–Kier alpha value is -1.51. The van der Waals surface area contributed by atoms with E-state index in [0.717, 1.165) is 16.9 Å². The predicted molar refractivity (Wildman–Crippen MR) is 86.6 cm³/mol. The SMILES string of the molecule is CC(C)Oc1c(C(C)(C)C)cc(C(=O)O)cc1C(C)(C)C. The summed E-state index contributed by atoms with van der Waals surface area (Å²) in [5, 5.41) is 9.40. The van der Waals surface area contributed by atoms with Crippen molar-refractivity contribution >= 4 is 5.97 Å². The van der Waals surface area contributed by atoms with E-state index in [1.54, 1.807) is 12.1 Å². The molecule has 118 valence electrons. The smallest absolute Gasteiger partial charge is 0.335 e. The highest BCUT2D eigenvalue weighted by Crippen LogP contribution is 2.41. The average Bonchev–Trinajstić information content (AvgIpc) is 2.24. The Morgan fingerprint density at radius 2 is 1.38 bits per heavy atom. The summed E-state index contributed by atoms with van der Waals surface area (Å²) >= 11 is 0. The molecule has 0 bridgehead atoms. The zero-order valence-electron chi connectivity index (χ0n) is 14.5. The highest BCUT2D eigenvalue weighted by atomic mass is 16.5. The molecule has 0 saturated carbocycles. The van der Waals surface area contributed by atoms with Crippen LogP contribution in [0.1, 0.15) is 76.9 Å². The number of hydrogen-bond acceptors (Lipinski definition) is 2. The first kappa shape index (κ1) is 17.5. The minimum atomic E-state index is -0.901. The minimum absolute atomic E-state index is 0.0443. The third-order valence-corrected chi connectivity index (χ3v) is 3.31. The van der Waals surface area contributed by atoms with Gasteiger partial charge in [0.15, 0.2) is 0 Å². The van der Waals surface area contributed by atoms with Crippen LogP contribution in [-0.4, -0.2) is 17.2 Å². The Morgan fingerprint density at radius 3 is 1.62 bits per heavy atom. The molecule has 0 saturated heterocycles. The van der Waals surface area contributed by atoms with Gasteiger partial charge in [0.25, 0.3) is 0 Å². The van der Waals surface area contributed by atoms with Gasteiger partial charge in [0.05, 0.1) is 11.7 Å². The Labute approximate surface area is 128 Å². The molecule has 1 aromatic carbocycles. The number of benzene rings is 1. The monoisotopic (exact) mass is 292 g/mol. The summed E-state index contributed by atoms with van der Waals surface area (Å²) in [6.45, 7) is 16.4. The van der Waals surface area contributed by atoms with E-state index in [-0.39, 0.29) is 16.9 Å². The van der Waals surface area contributed by atoms with Gasteiger partial charge in [-0.1, -0.05) is 41.5 Å². The summed E-state index contributed by atoms with van der Waals surface area (Å²) < 4.78 is 6.07.